The average Bonchev–Trinajstić information content (AvgIpc) is 3.43. The minimum atomic E-state index is -1.21. The first-order valence-corrected chi connectivity index (χ1v) is 13.8. The van der Waals surface area contributed by atoms with Gasteiger partial charge < -0.3 is 28.8 Å². The lowest BCUT2D eigenvalue weighted by Gasteiger charge is -2.24. The van der Waals surface area contributed by atoms with Crippen LogP contribution < -0.4 is 29.8 Å². The molecule has 1 amide bonds. The van der Waals surface area contributed by atoms with Crippen LogP contribution in [0.1, 0.15) is 23.1 Å². The van der Waals surface area contributed by atoms with Crippen molar-refractivity contribution in [2.75, 3.05) is 41.2 Å². The molecular formula is C30H34BrN3O7. The van der Waals surface area contributed by atoms with Crippen LogP contribution in [0.2, 0.25) is 0 Å². The normalized spacial score (nSPS) is 16.0. The van der Waals surface area contributed by atoms with Gasteiger partial charge in [0.2, 0.25) is 11.6 Å². The Hall–Kier alpha value is -3.80. The van der Waals surface area contributed by atoms with Crippen LogP contribution in [-0.4, -0.2) is 63.6 Å². The molecule has 0 spiro atoms. The average molecular weight is 629 g/mol. The third-order valence-corrected chi connectivity index (χ3v) is 7.29. The molecule has 0 saturated carbocycles. The van der Waals surface area contributed by atoms with Crippen LogP contribution in [0, 0.1) is 0 Å². The first-order valence-electron chi connectivity index (χ1n) is 13.1. The standard InChI is InChI=1S/C30H34BrN3O7/c1-37-25-15-20(16-26(38-2)27(25)39-3)18-32-34-29(36)30(17-22-7-4-5-8-24(22)31)19-41-28(33-30)21-9-11-23(12-10-21)40-14-6-13-35/h4-5,7-12,15-16,32,35H,6,13-14,17-19H2,1-3H3,(H,34,36)/t30-/m0/s1. The molecule has 41 heavy (non-hydrogen) atoms. The number of nitrogens with zero attached hydrogens (tertiary/aromatic N) is 1. The van der Waals surface area contributed by atoms with E-state index in [1.165, 1.54) is 0 Å². The van der Waals surface area contributed by atoms with Crippen LogP contribution >= 0.6 is 15.9 Å². The number of nitrogens with one attached hydrogen (secondary N) is 2. The van der Waals surface area contributed by atoms with Gasteiger partial charge >= 0.3 is 0 Å². The Morgan fingerprint density at radius 1 is 1.05 bits per heavy atom. The summed E-state index contributed by atoms with van der Waals surface area (Å²) in [6.07, 6.45) is 0.871. The van der Waals surface area contributed by atoms with Crippen molar-refractivity contribution >= 4 is 27.7 Å². The number of aliphatic imine (C=N–C) groups is 1. The van der Waals surface area contributed by atoms with Gasteiger partial charge in [-0.05, 0) is 53.6 Å². The van der Waals surface area contributed by atoms with Gasteiger partial charge in [-0.15, -0.1) is 0 Å². The molecule has 0 bridgehead atoms. The van der Waals surface area contributed by atoms with Gasteiger partial charge in [0.05, 0.1) is 27.9 Å². The number of methoxy groups -OCH3 is 3. The number of hydrogen-bond donors (Lipinski definition) is 3. The smallest absolute Gasteiger partial charge is 0.266 e. The molecule has 0 unspecified atom stereocenters. The van der Waals surface area contributed by atoms with Crippen molar-refractivity contribution in [2.24, 2.45) is 4.99 Å². The van der Waals surface area contributed by atoms with Gasteiger partial charge in [-0.2, -0.15) is 0 Å². The molecule has 0 aliphatic carbocycles. The number of aliphatic hydroxyl groups is 1. The minimum absolute atomic E-state index is 0.0656. The van der Waals surface area contributed by atoms with E-state index in [9.17, 15) is 4.79 Å². The fourth-order valence-corrected chi connectivity index (χ4v) is 4.79. The first-order chi connectivity index (χ1) is 19.9. The SMILES string of the molecule is COc1cc(CNNC(=O)[C@]2(Cc3ccccc3Br)COC(c3ccc(OCCCO)cc3)=N2)cc(OC)c1OC. The minimum Gasteiger partial charge on any atom is -0.494 e. The van der Waals surface area contributed by atoms with E-state index in [1.54, 1.807) is 21.3 Å². The molecule has 0 saturated heterocycles. The molecule has 3 aromatic rings. The fraction of sp³-hybridized carbons (Fsp3) is 0.333. The van der Waals surface area contributed by atoms with Gasteiger partial charge in [0.1, 0.15) is 12.4 Å². The van der Waals surface area contributed by atoms with E-state index in [1.807, 2.05) is 60.7 Å². The van der Waals surface area contributed by atoms with Crippen molar-refractivity contribution < 1.29 is 33.6 Å². The number of amides is 1. The molecular weight excluding hydrogens is 594 g/mol. The van der Waals surface area contributed by atoms with Crippen molar-refractivity contribution in [3.05, 3.63) is 81.8 Å². The number of carbonyl (C=O) groups is 1. The van der Waals surface area contributed by atoms with Crippen molar-refractivity contribution in [2.45, 2.75) is 24.9 Å². The lowest BCUT2D eigenvalue weighted by atomic mass is 9.91. The summed E-state index contributed by atoms with van der Waals surface area (Å²) in [5, 5.41) is 8.96. The summed E-state index contributed by atoms with van der Waals surface area (Å²) in [6, 6.07) is 18.6. The van der Waals surface area contributed by atoms with E-state index in [2.05, 4.69) is 26.8 Å². The number of aliphatic hydroxyl groups excluding tert-OH is 1. The zero-order chi connectivity index (χ0) is 29.2. The zero-order valence-corrected chi connectivity index (χ0v) is 24.8. The summed E-state index contributed by atoms with van der Waals surface area (Å²) < 4.78 is 28.8. The third kappa shape index (κ3) is 7.29. The predicted molar refractivity (Wildman–Crippen MR) is 158 cm³/mol. The van der Waals surface area contributed by atoms with E-state index in [4.69, 9.17) is 33.8 Å². The maximum Gasteiger partial charge on any atom is 0.266 e. The molecule has 11 heteroatoms. The van der Waals surface area contributed by atoms with E-state index in [0.717, 1.165) is 21.2 Å². The third-order valence-electron chi connectivity index (χ3n) is 6.52. The summed E-state index contributed by atoms with van der Waals surface area (Å²) in [7, 11) is 4.65. The Kier molecular flexibility index (Phi) is 10.4. The van der Waals surface area contributed by atoms with Crippen LogP contribution in [0.25, 0.3) is 0 Å². The van der Waals surface area contributed by atoms with Crippen molar-refractivity contribution in [3.8, 4) is 23.0 Å². The summed E-state index contributed by atoms with van der Waals surface area (Å²) in [5.41, 5.74) is 7.09. The molecule has 0 radical (unpaired) electrons. The second-order valence-corrected chi connectivity index (χ2v) is 10.2. The van der Waals surface area contributed by atoms with Crippen LogP contribution in [0.3, 0.4) is 0 Å². The molecule has 1 atom stereocenters. The molecule has 10 nitrogen and oxygen atoms in total. The number of hydrogen-bond acceptors (Lipinski definition) is 9. The van der Waals surface area contributed by atoms with E-state index >= 15 is 0 Å². The molecule has 0 aromatic heterocycles. The second-order valence-electron chi connectivity index (χ2n) is 9.30. The van der Waals surface area contributed by atoms with Crippen molar-refractivity contribution in [3.63, 3.8) is 0 Å². The summed E-state index contributed by atoms with van der Waals surface area (Å²) in [5.74, 6) is 2.24. The van der Waals surface area contributed by atoms with Crippen LogP contribution in [0.15, 0.2) is 70.1 Å². The van der Waals surface area contributed by atoms with Gasteiger partial charge in [0.15, 0.2) is 17.0 Å². The largest absolute Gasteiger partial charge is 0.494 e. The topological polar surface area (TPSA) is 120 Å². The maximum absolute atomic E-state index is 13.7. The van der Waals surface area contributed by atoms with E-state index < -0.39 is 5.54 Å². The molecule has 218 valence electrons. The first kappa shape index (κ1) is 30.2. The Bertz CT molecular complexity index is 1340. The lowest BCUT2D eigenvalue weighted by molar-refractivity contribution is -0.127. The van der Waals surface area contributed by atoms with Gasteiger partial charge in [-0.25, -0.2) is 10.4 Å². The highest BCUT2D eigenvalue weighted by molar-refractivity contribution is 9.10. The summed E-state index contributed by atoms with van der Waals surface area (Å²) in [4.78, 5) is 18.5. The Morgan fingerprint density at radius 2 is 1.76 bits per heavy atom. The van der Waals surface area contributed by atoms with Gasteiger partial charge in [0, 0.05) is 36.0 Å². The predicted octanol–water partition coefficient (Wildman–Crippen LogP) is 3.82. The lowest BCUT2D eigenvalue weighted by Crippen LogP contribution is -2.52. The van der Waals surface area contributed by atoms with Gasteiger partial charge in [-0.3, -0.25) is 10.2 Å². The molecule has 1 heterocycles. The number of ether oxygens (including phenoxy) is 5. The zero-order valence-electron chi connectivity index (χ0n) is 23.2. The van der Waals surface area contributed by atoms with Gasteiger partial charge in [-0.1, -0.05) is 34.1 Å². The molecule has 1 aliphatic rings. The molecule has 3 aromatic carbocycles. The van der Waals surface area contributed by atoms with Crippen molar-refractivity contribution in [1.82, 2.24) is 10.9 Å². The maximum atomic E-state index is 13.7. The van der Waals surface area contributed by atoms with Crippen LogP contribution in [0.5, 0.6) is 23.0 Å². The molecule has 3 N–H and O–H groups in total. The van der Waals surface area contributed by atoms with Crippen molar-refractivity contribution in [1.29, 1.82) is 0 Å². The van der Waals surface area contributed by atoms with E-state index in [0.29, 0.717) is 54.9 Å². The molecule has 4 rings (SSSR count). The highest BCUT2D eigenvalue weighted by atomic mass is 79.9. The highest BCUT2D eigenvalue weighted by Crippen LogP contribution is 2.38. The monoisotopic (exact) mass is 627 g/mol. The Morgan fingerprint density at radius 3 is 2.39 bits per heavy atom. The number of rotatable bonds is 14. The quantitative estimate of drug-likeness (QED) is 0.182. The van der Waals surface area contributed by atoms with Gasteiger partial charge in [0.25, 0.3) is 5.91 Å². The van der Waals surface area contributed by atoms with E-state index in [-0.39, 0.29) is 19.1 Å². The number of carbonyl (C=O) groups excluding carboxylic acids is 1. The van der Waals surface area contributed by atoms with Crippen LogP contribution in [0.4, 0.5) is 0 Å². The Labute approximate surface area is 247 Å². The fourth-order valence-electron chi connectivity index (χ4n) is 4.37. The molecule has 1 aliphatic heterocycles. The van der Waals surface area contributed by atoms with Crippen LogP contribution in [-0.2, 0) is 22.5 Å². The summed E-state index contributed by atoms with van der Waals surface area (Å²) >= 11 is 3.59. The number of halogens is 1. The number of hydrazine groups is 1. The second kappa shape index (κ2) is 14.2. The molecule has 0 fully saturated rings. The Balaban J connectivity index is 1.53. The summed E-state index contributed by atoms with van der Waals surface area (Å²) in [6.45, 7) is 0.853. The number of benzene rings is 3. The highest BCUT2D eigenvalue weighted by Gasteiger charge is 2.45.